The molecule has 3 heterocycles. The molecule has 8 heteroatoms. The number of aromatic nitrogens is 1. The average molecular weight is 455 g/mol. The summed E-state index contributed by atoms with van der Waals surface area (Å²) in [5, 5.41) is 2.91. The van der Waals surface area contributed by atoms with Gasteiger partial charge < -0.3 is 9.88 Å². The molecule has 0 radical (unpaired) electrons. The van der Waals surface area contributed by atoms with Crippen LogP contribution >= 0.6 is 34.8 Å². The zero-order valence-corrected chi connectivity index (χ0v) is 18.2. The number of benzene rings is 1. The van der Waals surface area contributed by atoms with Crippen LogP contribution in [0, 0.1) is 12.8 Å². The lowest BCUT2D eigenvalue weighted by molar-refractivity contribution is 0.0586. The van der Waals surface area contributed by atoms with E-state index in [1.807, 2.05) is 34.6 Å². The molecule has 2 aliphatic rings. The van der Waals surface area contributed by atoms with Gasteiger partial charge in [-0.1, -0.05) is 58.6 Å². The third-order valence-corrected chi connectivity index (χ3v) is 6.38. The Morgan fingerprint density at radius 1 is 1.10 bits per heavy atom. The molecular weight excluding hydrogens is 433 g/mol. The zero-order valence-electron chi connectivity index (χ0n) is 15.9. The molecule has 29 heavy (non-hydrogen) atoms. The third kappa shape index (κ3) is 4.33. The number of hydrogen-bond donors (Lipinski definition) is 1. The first-order valence-corrected chi connectivity index (χ1v) is 10.7. The van der Waals surface area contributed by atoms with E-state index in [-0.39, 0.29) is 23.3 Å². The van der Waals surface area contributed by atoms with Crippen LogP contribution < -0.4 is 10.9 Å². The molecule has 1 saturated heterocycles. The first-order chi connectivity index (χ1) is 13.7. The molecule has 1 aromatic heterocycles. The second-order valence-corrected chi connectivity index (χ2v) is 10.3. The lowest BCUT2D eigenvalue weighted by Crippen LogP contribution is -2.60. The van der Waals surface area contributed by atoms with Gasteiger partial charge in [-0.05, 0) is 37.5 Å². The molecule has 1 N–H and O–H groups in total. The summed E-state index contributed by atoms with van der Waals surface area (Å²) in [6, 6.07) is 12.6. The quantitative estimate of drug-likeness (QED) is 0.720. The van der Waals surface area contributed by atoms with Crippen LogP contribution in [-0.2, 0) is 6.54 Å². The van der Waals surface area contributed by atoms with Gasteiger partial charge in [0.05, 0.1) is 0 Å². The van der Waals surface area contributed by atoms with Crippen LogP contribution in [0.4, 0.5) is 0 Å². The van der Waals surface area contributed by atoms with Crippen molar-refractivity contribution in [1.82, 2.24) is 14.8 Å². The Morgan fingerprint density at radius 3 is 2.52 bits per heavy atom. The second kappa shape index (κ2) is 7.95. The minimum atomic E-state index is -1.69. The lowest BCUT2D eigenvalue weighted by Gasteiger charge is -2.47. The number of pyridine rings is 1. The fraction of sp³-hybridized carbons (Fsp3) is 0.429. The molecule has 2 bridgehead atoms. The van der Waals surface area contributed by atoms with Crippen LogP contribution in [0.25, 0.3) is 0 Å². The number of carbonyl (C=O) groups excluding carboxylic acids is 1. The first kappa shape index (κ1) is 20.7. The summed E-state index contributed by atoms with van der Waals surface area (Å²) >= 11 is 18.9. The molecule has 2 aromatic rings. The van der Waals surface area contributed by atoms with Gasteiger partial charge in [-0.15, -0.1) is 0 Å². The normalized spacial score (nSPS) is 22.6. The standard InChI is InChI=1S/C21H22Cl3N3O2/c1-13-5-7-15(8-6-13)19(29)25-20(21(22,23)24)26-10-14-9-16(12-26)17-3-2-4-18(28)27(17)11-14/h2-8,14,16,20H,9-12H2,1H3,(H,25,29)/t14-,16+,20-/m0/s1. The Bertz CT molecular complexity index is 968. The Kier molecular flexibility index (Phi) is 5.68. The monoisotopic (exact) mass is 453 g/mol. The molecule has 0 spiro atoms. The molecule has 1 fully saturated rings. The number of amides is 1. The van der Waals surface area contributed by atoms with Gasteiger partial charge in [-0.3, -0.25) is 14.5 Å². The van der Waals surface area contributed by atoms with E-state index < -0.39 is 9.96 Å². The van der Waals surface area contributed by atoms with Gasteiger partial charge in [0.1, 0.15) is 6.17 Å². The number of aryl methyl sites for hydroxylation is 1. The number of alkyl halides is 3. The number of carbonyl (C=O) groups is 1. The van der Waals surface area contributed by atoms with Gasteiger partial charge in [0.15, 0.2) is 0 Å². The summed E-state index contributed by atoms with van der Waals surface area (Å²) in [7, 11) is 0. The minimum Gasteiger partial charge on any atom is -0.332 e. The molecule has 5 nitrogen and oxygen atoms in total. The summed E-state index contributed by atoms with van der Waals surface area (Å²) in [5.41, 5.74) is 2.61. The fourth-order valence-corrected chi connectivity index (χ4v) is 5.01. The van der Waals surface area contributed by atoms with E-state index in [0.717, 1.165) is 17.7 Å². The zero-order chi connectivity index (χ0) is 20.8. The average Bonchev–Trinajstić information content (AvgIpc) is 2.66. The van der Waals surface area contributed by atoms with Crippen molar-refractivity contribution < 1.29 is 4.79 Å². The molecule has 154 valence electrons. The summed E-state index contributed by atoms with van der Waals surface area (Å²) in [4.78, 5) is 27.0. The third-order valence-electron chi connectivity index (χ3n) is 5.76. The highest BCUT2D eigenvalue weighted by molar-refractivity contribution is 6.68. The highest BCUT2D eigenvalue weighted by Gasteiger charge is 2.44. The van der Waals surface area contributed by atoms with Crippen molar-refractivity contribution in [3.63, 3.8) is 0 Å². The van der Waals surface area contributed by atoms with Crippen molar-refractivity contribution in [2.45, 2.75) is 35.8 Å². The van der Waals surface area contributed by atoms with Crippen molar-refractivity contribution in [2.75, 3.05) is 13.1 Å². The van der Waals surface area contributed by atoms with Crippen LogP contribution in [-0.4, -0.2) is 38.4 Å². The van der Waals surface area contributed by atoms with E-state index in [1.165, 1.54) is 0 Å². The molecule has 4 rings (SSSR count). The molecule has 1 amide bonds. The van der Waals surface area contributed by atoms with Crippen molar-refractivity contribution in [1.29, 1.82) is 0 Å². The number of halogens is 3. The molecule has 1 aromatic carbocycles. The van der Waals surface area contributed by atoms with Crippen LogP contribution in [0.3, 0.4) is 0 Å². The van der Waals surface area contributed by atoms with E-state index in [0.29, 0.717) is 25.2 Å². The van der Waals surface area contributed by atoms with Crippen molar-refractivity contribution >= 4 is 40.7 Å². The molecule has 2 aliphatic heterocycles. The van der Waals surface area contributed by atoms with Crippen LogP contribution in [0.1, 0.15) is 34.0 Å². The summed E-state index contributed by atoms with van der Waals surface area (Å²) in [6.07, 6.45) is 0.215. The van der Waals surface area contributed by atoms with Crippen LogP contribution in [0.15, 0.2) is 47.3 Å². The molecular formula is C21H22Cl3N3O2. The van der Waals surface area contributed by atoms with Gasteiger partial charge in [0.25, 0.3) is 11.5 Å². The SMILES string of the molecule is Cc1ccc(C(=O)N[C@@H](N2C[C@@H]3C[C@H](C2)c2cccc(=O)n2C3)C(Cl)(Cl)Cl)cc1. The number of nitrogens with one attached hydrogen (secondary N) is 1. The predicted octanol–water partition coefficient (Wildman–Crippen LogP) is 3.70. The molecule has 0 saturated carbocycles. The summed E-state index contributed by atoms with van der Waals surface area (Å²) < 4.78 is 0.160. The number of rotatable bonds is 3. The number of hydrogen-bond acceptors (Lipinski definition) is 3. The molecule has 0 aliphatic carbocycles. The Hall–Kier alpha value is -1.53. The van der Waals surface area contributed by atoms with Gasteiger partial charge in [-0.25, -0.2) is 0 Å². The first-order valence-electron chi connectivity index (χ1n) is 9.60. The van der Waals surface area contributed by atoms with Gasteiger partial charge in [0, 0.05) is 42.9 Å². The van der Waals surface area contributed by atoms with Crippen molar-refractivity contribution in [3.05, 3.63) is 69.6 Å². The molecule has 0 unspecified atom stereocenters. The number of fused-ring (bicyclic) bond motifs is 4. The van der Waals surface area contributed by atoms with Gasteiger partial charge in [0.2, 0.25) is 3.79 Å². The maximum atomic E-state index is 12.8. The van der Waals surface area contributed by atoms with E-state index in [4.69, 9.17) is 34.8 Å². The summed E-state index contributed by atoms with van der Waals surface area (Å²) in [5.74, 6) is 0.128. The summed E-state index contributed by atoms with van der Waals surface area (Å²) in [6.45, 7) is 3.85. The van der Waals surface area contributed by atoms with E-state index in [2.05, 4.69) is 5.32 Å². The van der Waals surface area contributed by atoms with E-state index in [1.54, 1.807) is 24.3 Å². The van der Waals surface area contributed by atoms with Crippen LogP contribution in [0.2, 0.25) is 0 Å². The van der Waals surface area contributed by atoms with E-state index in [9.17, 15) is 9.59 Å². The minimum absolute atomic E-state index is 0.0243. The highest BCUT2D eigenvalue weighted by Crippen LogP contribution is 2.39. The topological polar surface area (TPSA) is 54.3 Å². The van der Waals surface area contributed by atoms with Crippen molar-refractivity contribution in [3.8, 4) is 0 Å². The maximum absolute atomic E-state index is 12.8. The largest absolute Gasteiger partial charge is 0.332 e. The van der Waals surface area contributed by atoms with Crippen molar-refractivity contribution in [2.24, 2.45) is 5.92 Å². The maximum Gasteiger partial charge on any atom is 0.252 e. The molecule has 3 atom stereocenters. The smallest absolute Gasteiger partial charge is 0.252 e. The number of piperidine rings is 1. The van der Waals surface area contributed by atoms with Crippen LogP contribution in [0.5, 0.6) is 0 Å². The van der Waals surface area contributed by atoms with Gasteiger partial charge >= 0.3 is 0 Å². The number of nitrogens with zero attached hydrogens (tertiary/aromatic N) is 2. The van der Waals surface area contributed by atoms with Gasteiger partial charge in [-0.2, -0.15) is 0 Å². The predicted molar refractivity (Wildman–Crippen MR) is 116 cm³/mol. The number of likely N-dealkylation sites (tertiary alicyclic amines) is 1. The Morgan fingerprint density at radius 2 is 1.83 bits per heavy atom. The van der Waals surface area contributed by atoms with E-state index >= 15 is 0 Å². The Balaban J connectivity index is 1.58. The second-order valence-electron chi connectivity index (χ2n) is 7.94. The highest BCUT2D eigenvalue weighted by atomic mass is 35.6. The Labute approximate surface area is 184 Å². The fourth-order valence-electron chi connectivity index (χ4n) is 4.44. The lowest BCUT2D eigenvalue weighted by atomic mass is 9.83.